The maximum atomic E-state index is 13.1. The molecular formula is C17H11F3N2O6S. The Morgan fingerprint density at radius 2 is 1.59 bits per heavy atom. The Labute approximate surface area is 161 Å². The van der Waals surface area contributed by atoms with E-state index in [1.54, 1.807) is 0 Å². The van der Waals surface area contributed by atoms with Crippen LogP contribution in [0.5, 0.6) is 0 Å². The lowest BCUT2D eigenvalue weighted by Gasteiger charge is -2.15. The molecule has 29 heavy (non-hydrogen) atoms. The van der Waals surface area contributed by atoms with Gasteiger partial charge >= 0.3 is 12.1 Å². The van der Waals surface area contributed by atoms with E-state index in [9.17, 15) is 36.0 Å². The first-order valence-corrected chi connectivity index (χ1v) is 9.66. The molecule has 0 bridgehead atoms. The van der Waals surface area contributed by atoms with Crippen molar-refractivity contribution in [3.8, 4) is 0 Å². The molecule has 3 rings (SSSR count). The number of hydroxylamine groups is 2. The highest BCUT2D eigenvalue weighted by Crippen LogP contribution is 2.33. The van der Waals surface area contributed by atoms with Gasteiger partial charge in [-0.2, -0.15) is 13.2 Å². The fourth-order valence-electron chi connectivity index (χ4n) is 2.57. The number of carbonyl (C=O) groups excluding carboxylic acids is 3. The quantitative estimate of drug-likeness (QED) is 0.750. The van der Waals surface area contributed by atoms with Crippen molar-refractivity contribution in [2.45, 2.75) is 6.18 Å². The molecule has 0 saturated carbocycles. The van der Waals surface area contributed by atoms with Crippen LogP contribution in [-0.2, 0) is 21.0 Å². The number of hydrogen-bond donors (Lipinski definition) is 1. The molecule has 0 radical (unpaired) electrons. The molecule has 1 aliphatic rings. The number of fused-ring (bicyclic) bond motifs is 1. The summed E-state index contributed by atoms with van der Waals surface area (Å²) in [5.41, 5.74) is -2.66. The molecule has 0 aliphatic carbocycles. The Morgan fingerprint density at radius 3 is 2.07 bits per heavy atom. The number of benzene rings is 2. The number of nitrogens with zero attached hydrogens (tertiary/aromatic N) is 1. The minimum atomic E-state index is -4.90. The number of sulfonamides is 1. The minimum absolute atomic E-state index is 0.0335. The van der Waals surface area contributed by atoms with Crippen molar-refractivity contribution >= 4 is 33.5 Å². The number of amides is 2. The van der Waals surface area contributed by atoms with Gasteiger partial charge in [0.05, 0.1) is 28.5 Å². The summed E-state index contributed by atoms with van der Waals surface area (Å²) >= 11 is 0. The van der Waals surface area contributed by atoms with E-state index in [1.807, 2.05) is 4.72 Å². The smallest absolute Gasteiger partial charge is 0.324 e. The maximum absolute atomic E-state index is 13.1. The van der Waals surface area contributed by atoms with Crippen LogP contribution in [0.2, 0.25) is 0 Å². The number of rotatable bonds is 4. The number of carbonyl (C=O) groups is 3. The van der Waals surface area contributed by atoms with Crippen molar-refractivity contribution in [2.24, 2.45) is 0 Å². The molecule has 0 aromatic heterocycles. The summed E-state index contributed by atoms with van der Waals surface area (Å²) in [6, 6.07) is 7.28. The molecule has 2 aromatic carbocycles. The average molecular weight is 428 g/mol. The fourth-order valence-corrected chi connectivity index (χ4v) is 3.11. The largest absolute Gasteiger partial charge is 0.416 e. The van der Waals surface area contributed by atoms with Gasteiger partial charge in [-0.15, -0.1) is 0 Å². The third kappa shape index (κ3) is 4.21. The second-order valence-corrected chi connectivity index (χ2v) is 7.75. The second-order valence-electron chi connectivity index (χ2n) is 6.00. The summed E-state index contributed by atoms with van der Waals surface area (Å²) in [6.45, 7) is 0. The lowest BCUT2D eigenvalue weighted by atomic mass is 10.1. The molecule has 0 fully saturated rings. The van der Waals surface area contributed by atoms with Crippen molar-refractivity contribution in [1.82, 2.24) is 5.06 Å². The van der Waals surface area contributed by atoms with Crippen molar-refractivity contribution in [2.75, 3.05) is 11.0 Å². The lowest BCUT2D eigenvalue weighted by Crippen LogP contribution is -2.32. The standard InChI is InChI=1S/C17H11F3N2O6S/c1-29(26,27)21-11-7-9(6-10(8-11)17(18,19)20)16(25)28-22-14(23)12-4-2-3-5-13(12)15(22)24/h2-8,21H,1H3. The second kappa shape index (κ2) is 6.88. The first-order valence-electron chi connectivity index (χ1n) is 7.77. The van der Waals surface area contributed by atoms with Crippen LogP contribution < -0.4 is 4.72 Å². The summed E-state index contributed by atoms with van der Waals surface area (Å²) in [6.07, 6.45) is -4.19. The number of anilines is 1. The van der Waals surface area contributed by atoms with Gasteiger partial charge in [-0.05, 0) is 30.3 Å². The third-order valence-corrected chi connectivity index (χ3v) is 4.34. The van der Waals surface area contributed by atoms with E-state index >= 15 is 0 Å². The SMILES string of the molecule is CS(=O)(=O)Nc1cc(C(=O)ON2C(=O)c3ccccc3C2=O)cc(C(F)(F)F)c1. The minimum Gasteiger partial charge on any atom is -0.324 e. The zero-order chi connectivity index (χ0) is 21.6. The van der Waals surface area contributed by atoms with Gasteiger partial charge < -0.3 is 4.84 Å². The van der Waals surface area contributed by atoms with Gasteiger partial charge in [-0.25, -0.2) is 13.2 Å². The Bertz CT molecular complexity index is 1110. The number of imide groups is 1. The van der Waals surface area contributed by atoms with E-state index < -0.39 is 50.8 Å². The van der Waals surface area contributed by atoms with Crippen LogP contribution in [0.25, 0.3) is 0 Å². The molecular weight excluding hydrogens is 417 g/mol. The van der Waals surface area contributed by atoms with Crippen molar-refractivity contribution in [3.05, 3.63) is 64.7 Å². The van der Waals surface area contributed by atoms with Gasteiger partial charge in [0.15, 0.2) is 0 Å². The summed E-state index contributed by atoms with van der Waals surface area (Å²) in [7, 11) is -3.95. The van der Waals surface area contributed by atoms with Crippen molar-refractivity contribution in [3.63, 3.8) is 0 Å². The normalized spacial score (nSPS) is 14.0. The molecule has 0 unspecified atom stereocenters. The van der Waals surface area contributed by atoms with Crippen molar-refractivity contribution < 1.29 is 40.8 Å². The number of nitrogens with one attached hydrogen (secondary N) is 1. The van der Waals surface area contributed by atoms with E-state index in [1.165, 1.54) is 24.3 Å². The van der Waals surface area contributed by atoms with E-state index in [2.05, 4.69) is 0 Å². The number of hydrogen-bond acceptors (Lipinski definition) is 6. The lowest BCUT2D eigenvalue weighted by molar-refractivity contribution is -0.137. The van der Waals surface area contributed by atoms with E-state index in [0.717, 1.165) is 6.07 Å². The van der Waals surface area contributed by atoms with E-state index in [0.29, 0.717) is 18.4 Å². The predicted octanol–water partition coefficient (Wildman–Crippen LogP) is 2.44. The Morgan fingerprint density at radius 1 is 1.03 bits per heavy atom. The molecule has 2 aromatic rings. The van der Waals surface area contributed by atoms with Crippen LogP contribution in [0.15, 0.2) is 42.5 Å². The van der Waals surface area contributed by atoms with Gasteiger partial charge in [-0.1, -0.05) is 17.2 Å². The zero-order valence-electron chi connectivity index (χ0n) is 14.5. The predicted molar refractivity (Wildman–Crippen MR) is 92.3 cm³/mol. The number of halogens is 3. The first-order chi connectivity index (χ1) is 13.4. The highest BCUT2D eigenvalue weighted by Gasteiger charge is 2.39. The van der Waals surface area contributed by atoms with E-state index in [4.69, 9.17) is 4.84 Å². The van der Waals surface area contributed by atoms with Gasteiger partial charge in [0.2, 0.25) is 10.0 Å². The Balaban J connectivity index is 1.94. The van der Waals surface area contributed by atoms with E-state index in [-0.39, 0.29) is 16.2 Å². The van der Waals surface area contributed by atoms with Crippen LogP contribution >= 0.6 is 0 Å². The maximum Gasteiger partial charge on any atom is 0.416 e. The average Bonchev–Trinajstić information content (AvgIpc) is 2.84. The Hall–Kier alpha value is -3.41. The highest BCUT2D eigenvalue weighted by molar-refractivity contribution is 7.92. The summed E-state index contributed by atoms with van der Waals surface area (Å²) in [5, 5.41) is 0.136. The monoisotopic (exact) mass is 428 g/mol. The van der Waals surface area contributed by atoms with Gasteiger partial charge in [0, 0.05) is 5.69 Å². The molecule has 0 saturated heterocycles. The van der Waals surface area contributed by atoms with Gasteiger partial charge in [0.1, 0.15) is 0 Å². The summed E-state index contributed by atoms with van der Waals surface area (Å²) in [4.78, 5) is 41.5. The topological polar surface area (TPSA) is 110 Å². The van der Waals surface area contributed by atoms with Gasteiger partial charge in [0.25, 0.3) is 11.8 Å². The Kier molecular flexibility index (Phi) is 4.82. The molecule has 8 nitrogen and oxygen atoms in total. The van der Waals surface area contributed by atoms with Crippen LogP contribution in [0, 0.1) is 0 Å². The molecule has 0 spiro atoms. The third-order valence-electron chi connectivity index (χ3n) is 3.73. The number of alkyl halides is 3. The molecule has 2 amide bonds. The van der Waals surface area contributed by atoms with Crippen LogP contribution in [0.1, 0.15) is 36.6 Å². The molecule has 152 valence electrons. The van der Waals surface area contributed by atoms with Crippen molar-refractivity contribution in [1.29, 1.82) is 0 Å². The van der Waals surface area contributed by atoms with Crippen LogP contribution in [0.4, 0.5) is 18.9 Å². The first kappa shape index (κ1) is 20.3. The highest BCUT2D eigenvalue weighted by atomic mass is 32.2. The molecule has 1 aliphatic heterocycles. The molecule has 12 heteroatoms. The molecule has 1 heterocycles. The van der Waals surface area contributed by atoms with Gasteiger partial charge in [-0.3, -0.25) is 14.3 Å². The molecule has 0 atom stereocenters. The zero-order valence-corrected chi connectivity index (χ0v) is 15.3. The van der Waals surface area contributed by atoms with Crippen LogP contribution in [-0.4, -0.2) is 37.5 Å². The summed E-state index contributed by atoms with van der Waals surface area (Å²) in [5.74, 6) is -3.37. The fraction of sp³-hybridized carbons (Fsp3) is 0.118. The van der Waals surface area contributed by atoms with Crippen LogP contribution in [0.3, 0.4) is 0 Å². The molecule has 1 N–H and O–H groups in total. The summed E-state index contributed by atoms with van der Waals surface area (Å²) < 4.78 is 63.8.